The van der Waals surface area contributed by atoms with E-state index in [0.717, 1.165) is 0 Å². The molecule has 1 saturated heterocycles. The van der Waals surface area contributed by atoms with Crippen molar-refractivity contribution in [2.75, 3.05) is 20.8 Å². The Morgan fingerprint density at radius 2 is 1.79 bits per heavy atom. The van der Waals surface area contributed by atoms with Gasteiger partial charge in [-0.2, -0.15) is 0 Å². The van der Waals surface area contributed by atoms with Gasteiger partial charge in [-0.15, -0.1) is 0 Å². The molecule has 0 aromatic rings. The van der Waals surface area contributed by atoms with Crippen LogP contribution in [0.1, 0.15) is 0 Å². The topological polar surface area (TPSA) is 88.4 Å². The van der Waals surface area contributed by atoms with Crippen LogP contribution in [0.5, 0.6) is 0 Å². The molecule has 0 amide bonds. The molecule has 14 heavy (non-hydrogen) atoms. The molecule has 0 aromatic heterocycles. The molecule has 1 rings (SSSR count). The van der Waals surface area contributed by atoms with E-state index in [4.69, 9.17) is 14.2 Å². The quantitative estimate of drug-likeness (QED) is 0.501. The zero-order chi connectivity index (χ0) is 10.7. The van der Waals surface area contributed by atoms with E-state index in [1.165, 1.54) is 14.2 Å². The number of hydrogen-bond acceptors (Lipinski definition) is 6. The summed E-state index contributed by atoms with van der Waals surface area (Å²) in [5.41, 5.74) is 0. The molecule has 1 heterocycles. The second-order valence-corrected chi connectivity index (χ2v) is 3.20. The highest BCUT2D eigenvalue weighted by Crippen LogP contribution is 2.21. The molecule has 0 radical (unpaired) electrons. The first kappa shape index (κ1) is 11.8. The smallest absolute Gasteiger partial charge is 0.184 e. The van der Waals surface area contributed by atoms with Crippen molar-refractivity contribution >= 4 is 0 Å². The van der Waals surface area contributed by atoms with E-state index in [-0.39, 0.29) is 6.61 Å². The van der Waals surface area contributed by atoms with Crippen LogP contribution in [0, 0.1) is 0 Å². The molecule has 1 aliphatic heterocycles. The van der Waals surface area contributed by atoms with Crippen molar-refractivity contribution in [2.45, 2.75) is 30.7 Å². The van der Waals surface area contributed by atoms with Gasteiger partial charge in [-0.05, 0) is 0 Å². The molecule has 6 heteroatoms. The molecule has 0 saturated carbocycles. The molecular formula is C8H16O6. The molecule has 3 N–H and O–H groups in total. The lowest BCUT2D eigenvalue weighted by Crippen LogP contribution is -2.59. The van der Waals surface area contributed by atoms with Crippen LogP contribution in [0.25, 0.3) is 0 Å². The minimum Gasteiger partial charge on any atom is -0.387 e. The standard InChI is InChI=1S/C8H16O6/c1-12-3-4-5(9)6(10)7(13-2)8(11)14-4/h4-11H,3H2,1-2H3. The number of methoxy groups -OCH3 is 2. The third kappa shape index (κ3) is 2.22. The second kappa shape index (κ2) is 5.01. The van der Waals surface area contributed by atoms with E-state index in [1.54, 1.807) is 0 Å². The number of ether oxygens (including phenoxy) is 3. The zero-order valence-electron chi connectivity index (χ0n) is 8.16. The van der Waals surface area contributed by atoms with E-state index in [0.29, 0.717) is 0 Å². The van der Waals surface area contributed by atoms with Crippen molar-refractivity contribution in [1.29, 1.82) is 0 Å². The van der Waals surface area contributed by atoms with Crippen molar-refractivity contribution in [3.8, 4) is 0 Å². The maximum absolute atomic E-state index is 9.54. The van der Waals surface area contributed by atoms with E-state index < -0.39 is 30.7 Å². The Morgan fingerprint density at radius 3 is 2.29 bits per heavy atom. The first-order valence-electron chi connectivity index (χ1n) is 4.33. The number of hydrogen-bond donors (Lipinski definition) is 3. The maximum atomic E-state index is 9.54. The molecule has 0 aliphatic carbocycles. The van der Waals surface area contributed by atoms with E-state index in [1.807, 2.05) is 0 Å². The van der Waals surface area contributed by atoms with Gasteiger partial charge in [0.15, 0.2) is 6.29 Å². The second-order valence-electron chi connectivity index (χ2n) is 3.20. The highest BCUT2D eigenvalue weighted by Gasteiger charge is 2.43. The van der Waals surface area contributed by atoms with E-state index in [2.05, 4.69) is 0 Å². The molecule has 5 atom stereocenters. The molecule has 0 bridgehead atoms. The van der Waals surface area contributed by atoms with Crippen molar-refractivity contribution in [1.82, 2.24) is 0 Å². The van der Waals surface area contributed by atoms with Crippen LogP contribution >= 0.6 is 0 Å². The molecule has 0 spiro atoms. The fourth-order valence-corrected chi connectivity index (χ4v) is 1.48. The van der Waals surface area contributed by atoms with E-state index >= 15 is 0 Å². The summed E-state index contributed by atoms with van der Waals surface area (Å²) in [5.74, 6) is 0. The summed E-state index contributed by atoms with van der Waals surface area (Å²) in [5, 5.41) is 28.5. The normalized spacial score (nSPS) is 43.9. The lowest BCUT2D eigenvalue weighted by Gasteiger charge is -2.39. The number of aliphatic hydroxyl groups excluding tert-OH is 3. The Balaban J connectivity index is 2.62. The monoisotopic (exact) mass is 208 g/mol. The minimum atomic E-state index is -1.25. The minimum absolute atomic E-state index is 0.103. The van der Waals surface area contributed by atoms with Crippen molar-refractivity contribution in [3.63, 3.8) is 0 Å². The Bertz CT molecular complexity index is 173. The molecule has 84 valence electrons. The van der Waals surface area contributed by atoms with Crippen LogP contribution in [0.4, 0.5) is 0 Å². The summed E-state index contributed by atoms with van der Waals surface area (Å²) in [4.78, 5) is 0. The van der Waals surface area contributed by atoms with Gasteiger partial charge in [0.2, 0.25) is 0 Å². The largest absolute Gasteiger partial charge is 0.387 e. The molecule has 6 nitrogen and oxygen atoms in total. The fourth-order valence-electron chi connectivity index (χ4n) is 1.48. The van der Waals surface area contributed by atoms with Crippen molar-refractivity contribution in [2.24, 2.45) is 0 Å². The number of aliphatic hydroxyl groups is 3. The zero-order valence-corrected chi connectivity index (χ0v) is 8.16. The van der Waals surface area contributed by atoms with Gasteiger partial charge in [0, 0.05) is 14.2 Å². The first-order valence-corrected chi connectivity index (χ1v) is 4.33. The Kier molecular flexibility index (Phi) is 4.24. The average Bonchev–Trinajstić information content (AvgIpc) is 2.15. The van der Waals surface area contributed by atoms with Crippen LogP contribution in [0.2, 0.25) is 0 Å². The van der Waals surface area contributed by atoms with Gasteiger partial charge in [0.1, 0.15) is 24.4 Å². The van der Waals surface area contributed by atoms with Gasteiger partial charge >= 0.3 is 0 Å². The summed E-state index contributed by atoms with van der Waals surface area (Å²) in [6.45, 7) is 0.103. The first-order chi connectivity index (χ1) is 6.61. The van der Waals surface area contributed by atoms with Crippen LogP contribution in [0.15, 0.2) is 0 Å². The molecular weight excluding hydrogens is 192 g/mol. The van der Waals surface area contributed by atoms with Crippen LogP contribution in [-0.4, -0.2) is 66.9 Å². The summed E-state index contributed by atoms with van der Waals surface area (Å²) in [6, 6.07) is 0. The highest BCUT2D eigenvalue weighted by atomic mass is 16.7. The van der Waals surface area contributed by atoms with Gasteiger partial charge in [-0.1, -0.05) is 0 Å². The van der Waals surface area contributed by atoms with Crippen LogP contribution < -0.4 is 0 Å². The lowest BCUT2D eigenvalue weighted by atomic mass is 9.99. The Hall–Kier alpha value is -0.240. The predicted molar refractivity (Wildman–Crippen MR) is 45.6 cm³/mol. The lowest BCUT2D eigenvalue weighted by molar-refractivity contribution is -0.292. The summed E-state index contributed by atoms with van der Waals surface area (Å²) < 4.78 is 14.6. The van der Waals surface area contributed by atoms with Gasteiger partial charge in [-0.3, -0.25) is 0 Å². The fraction of sp³-hybridized carbons (Fsp3) is 1.00. The molecule has 5 unspecified atom stereocenters. The molecule has 1 fully saturated rings. The highest BCUT2D eigenvalue weighted by molar-refractivity contribution is 4.89. The predicted octanol–water partition coefficient (Wildman–Crippen LogP) is -1.91. The third-order valence-corrected chi connectivity index (χ3v) is 2.27. The van der Waals surface area contributed by atoms with Gasteiger partial charge in [0.25, 0.3) is 0 Å². The summed E-state index contributed by atoms with van der Waals surface area (Å²) in [6.07, 6.45) is -5.22. The SMILES string of the molecule is COCC1OC(O)C(OC)C(O)C1O. The van der Waals surface area contributed by atoms with Gasteiger partial charge in [-0.25, -0.2) is 0 Å². The Labute approximate surface area is 82.0 Å². The van der Waals surface area contributed by atoms with Crippen molar-refractivity contribution < 1.29 is 29.5 Å². The van der Waals surface area contributed by atoms with Crippen LogP contribution in [0.3, 0.4) is 0 Å². The average molecular weight is 208 g/mol. The third-order valence-electron chi connectivity index (χ3n) is 2.27. The number of rotatable bonds is 3. The Morgan fingerprint density at radius 1 is 1.14 bits per heavy atom. The molecule has 0 aromatic carbocycles. The van der Waals surface area contributed by atoms with Crippen LogP contribution in [-0.2, 0) is 14.2 Å². The van der Waals surface area contributed by atoms with Gasteiger partial charge < -0.3 is 29.5 Å². The molecule has 1 aliphatic rings. The van der Waals surface area contributed by atoms with Gasteiger partial charge in [0.05, 0.1) is 6.61 Å². The summed E-state index contributed by atoms with van der Waals surface area (Å²) >= 11 is 0. The van der Waals surface area contributed by atoms with Crippen molar-refractivity contribution in [3.05, 3.63) is 0 Å². The maximum Gasteiger partial charge on any atom is 0.184 e. The van der Waals surface area contributed by atoms with E-state index in [9.17, 15) is 15.3 Å². The summed E-state index contributed by atoms with van der Waals surface area (Å²) in [7, 11) is 2.76.